The molecule has 0 spiro atoms. The molecule has 0 aliphatic carbocycles. The molecule has 3 rings (SSSR count). The molecule has 130 valence electrons. The van der Waals surface area contributed by atoms with Crippen LogP contribution in [0, 0.1) is 6.92 Å². The lowest BCUT2D eigenvalue weighted by Crippen LogP contribution is -2.13. The fourth-order valence-electron chi connectivity index (χ4n) is 2.21. The molecule has 0 unspecified atom stereocenters. The number of anilines is 1. The number of amides is 1. The van der Waals surface area contributed by atoms with Gasteiger partial charge in [0.1, 0.15) is 5.15 Å². The number of nitrogens with one attached hydrogen (secondary N) is 1. The predicted molar refractivity (Wildman–Crippen MR) is 90.3 cm³/mol. The smallest absolute Gasteiger partial charge is 0.291 e. The van der Waals surface area contributed by atoms with Crippen LogP contribution in [-0.4, -0.2) is 25.9 Å². The van der Waals surface area contributed by atoms with Gasteiger partial charge in [0.2, 0.25) is 5.13 Å². The average Bonchev–Trinajstić information content (AvgIpc) is 3.14. The molecule has 0 saturated carbocycles. The summed E-state index contributed by atoms with van der Waals surface area (Å²) in [6.45, 7) is 2.05. The summed E-state index contributed by atoms with van der Waals surface area (Å²) in [6.07, 6.45) is -2.73. The second-order valence-electron chi connectivity index (χ2n) is 5.09. The Bertz CT molecular complexity index is 897. The fraction of sp³-hybridized carbons (Fsp3) is 0.200. The lowest BCUT2D eigenvalue weighted by Gasteiger charge is -2.04. The van der Waals surface area contributed by atoms with Crippen molar-refractivity contribution in [1.29, 1.82) is 0 Å². The molecule has 10 heteroatoms. The van der Waals surface area contributed by atoms with Gasteiger partial charge in [-0.1, -0.05) is 53.3 Å². The maximum atomic E-state index is 12.5. The van der Waals surface area contributed by atoms with Crippen LogP contribution >= 0.6 is 22.9 Å². The van der Waals surface area contributed by atoms with Gasteiger partial charge in [-0.15, -0.1) is 10.2 Å². The van der Waals surface area contributed by atoms with Crippen LogP contribution < -0.4 is 5.32 Å². The van der Waals surface area contributed by atoms with Crippen LogP contribution in [0.4, 0.5) is 13.9 Å². The molecular weight excluding hydrogens is 372 g/mol. The molecule has 25 heavy (non-hydrogen) atoms. The van der Waals surface area contributed by atoms with E-state index in [9.17, 15) is 13.6 Å². The van der Waals surface area contributed by atoms with Gasteiger partial charge in [-0.05, 0) is 12.5 Å². The zero-order chi connectivity index (χ0) is 18.0. The Labute approximate surface area is 150 Å². The lowest BCUT2D eigenvalue weighted by molar-refractivity contribution is 0.102. The number of aromatic nitrogens is 4. The van der Waals surface area contributed by atoms with E-state index in [2.05, 4.69) is 20.6 Å². The highest BCUT2D eigenvalue weighted by Gasteiger charge is 2.22. The number of rotatable bonds is 5. The minimum atomic E-state index is -2.73. The van der Waals surface area contributed by atoms with E-state index in [1.54, 1.807) is 6.92 Å². The van der Waals surface area contributed by atoms with Crippen LogP contribution in [0.15, 0.2) is 30.3 Å². The highest BCUT2D eigenvalue weighted by molar-refractivity contribution is 7.15. The second-order valence-corrected chi connectivity index (χ2v) is 6.46. The van der Waals surface area contributed by atoms with Gasteiger partial charge >= 0.3 is 0 Å². The molecule has 2 aromatic heterocycles. The van der Waals surface area contributed by atoms with Gasteiger partial charge in [-0.3, -0.25) is 10.1 Å². The zero-order valence-electron chi connectivity index (χ0n) is 12.9. The van der Waals surface area contributed by atoms with E-state index in [4.69, 9.17) is 11.6 Å². The number of hydrogen-bond donors (Lipinski definition) is 1. The summed E-state index contributed by atoms with van der Waals surface area (Å²) in [5.41, 5.74) is 1.58. The number of benzene rings is 1. The minimum Gasteiger partial charge on any atom is -0.296 e. The first kappa shape index (κ1) is 17.4. The average molecular weight is 384 g/mol. The number of aryl methyl sites for hydroxylation is 1. The highest BCUT2D eigenvalue weighted by Crippen LogP contribution is 2.27. The molecule has 0 radical (unpaired) electrons. The number of halogens is 3. The molecule has 1 N–H and O–H groups in total. The first-order valence-electron chi connectivity index (χ1n) is 7.15. The van der Waals surface area contributed by atoms with Crippen molar-refractivity contribution in [2.75, 3.05) is 5.32 Å². The van der Waals surface area contributed by atoms with E-state index in [0.717, 1.165) is 5.56 Å². The molecule has 0 aliphatic rings. The van der Waals surface area contributed by atoms with Crippen LogP contribution in [0.2, 0.25) is 5.15 Å². The first-order chi connectivity index (χ1) is 12.0. The third kappa shape index (κ3) is 3.83. The third-order valence-electron chi connectivity index (χ3n) is 3.32. The van der Waals surface area contributed by atoms with Gasteiger partial charge in [0.15, 0.2) is 5.01 Å². The van der Waals surface area contributed by atoms with Crippen molar-refractivity contribution in [1.82, 2.24) is 20.0 Å². The number of carbonyl (C=O) groups excluding carboxylic acids is 1. The number of nitrogens with zero attached hydrogens (tertiary/aromatic N) is 4. The van der Waals surface area contributed by atoms with Crippen molar-refractivity contribution in [3.05, 3.63) is 57.3 Å². The standard InChI is InChI=1S/C15H12ClF2N5OS/c1-8-10(13(24)19-15-21-20-14(25-15)12(17)18)11(16)23(22-8)7-9-5-3-2-4-6-9/h2-6,12H,7H2,1H3,(H,19,21,24). The third-order valence-corrected chi connectivity index (χ3v) is 4.55. The minimum absolute atomic E-state index is 0.0217. The number of alkyl halides is 2. The number of carbonyl (C=O) groups is 1. The van der Waals surface area contributed by atoms with Crippen molar-refractivity contribution < 1.29 is 13.6 Å². The Hall–Kier alpha value is -2.39. The van der Waals surface area contributed by atoms with Crippen LogP contribution in [0.1, 0.15) is 33.0 Å². The van der Waals surface area contributed by atoms with Crippen molar-refractivity contribution in [2.45, 2.75) is 19.9 Å². The Kier molecular flexibility index (Phi) is 5.05. The summed E-state index contributed by atoms with van der Waals surface area (Å²) in [5, 5.41) is 13.2. The van der Waals surface area contributed by atoms with Gasteiger partial charge in [-0.25, -0.2) is 13.5 Å². The summed E-state index contributed by atoms with van der Waals surface area (Å²) >= 11 is 6.89. The Morgan fingerprint density at radius 3 is 2.68 bits per heavy atom. The van der Waals surface area contributed by atoms with Crippen LogP contribution in [0.25, 0.3) is 0 Å². The zero-order valence-corrected chi connectivity index (χ0v) is 14.5. The van der Waals surface area contributed by atoms with E-state index in [1.165, 1.54) is 4.68 Å². The quantitative estimate of drug-likeness (QED) is 0.724. The van der Waals surface area contributed by atoms with E-state index in [0.29, 0.717) is 23.6 Å². The van der Waals surface area contributed by atoms with E-state index in [-0.39, 0.29) is 15.8 Å². The van der Waals surface area contributed by atoms with Crippen LogP contribution in [0.3, 0.4) is 0 Å². The van der Waals surface area contributed by atoms with Crippen molar-refractivity contribution >= 4 is 34.0 Å². The molecule has 0 fully saturated rings. The lowest BCUT2D eigenvalue weighted by atomic mass is 10.2. The van der Waals surface area contributed by atoms with Gasteiger partial charge in [-0.2, -0.15) is 5.10 Å². The molecule has 2 heterocycles. The van der Waals surface area contributed by atoms with E-state index in [1.807, 2.05) is 30.3 Å². The molecule has 6 nitrogen and oxygen atoms in total. The van der Waals surface area contributed by atoms with Gasteiger partial charge < -0.3 is 0 Å². The Morgan fingerprint density at radius 2 is 2.04 bits per heavy atom. The summed E-state index contributed by atoms with van der Waals surface area (Å²) < 4.78 is 26.6. The molecule has 1 aromatic carbocycles. The molecular formula is C15H12ClF2N5OS. The van der Waals surface area contributed by atoms with Gasteiger partial charge in [0.25, 0.3) is 12.3 Å². The van der Waals surface area contributed by atoms with Crippen molar-refractivity contribution in [2.24, 2.45) is 0 Å². The normalized spacial score (nSPS) is 11.1. The summed E-state index contributed by atoms with van der Waals surface area (Å²) in [4.78, 5) is 12.4. The van der Waals surface area contributed by atoms with Crippen molar-refractivity contribution in [3.8, 4) is 0 Å². The first-order valence-corrected chi connectivity index (χ1v) is 8.35. The van der Waals surface area contributed by atoms with E-state index >= 15 is 0 Å². The van der Waals surface area contributed by atoms with Gasteiger partial charge in [0, 0.05) is 0 Å². The van der Waals surface area contributed by atoms with Crippen molar-refractivity contribution in [3.63, 3.8) is 0 Å². The maximum absolute atomic E-state index is 12.5. The highest BCUT2D eigenvalue weighted by atomic mass is 35.5. The summed E-state index contributed by atoms with van der Waals surface area (Å²) in [7, 11) is 0. The molecule has 3 aromatic rings. The Morgan fingerprint density at radius 1 is 1.32 bits per heavy atom. The fourth-order valence-corrected chi connectivity index (χ4v) is 3.12. The van der Waals surface area contributed by atoms with Crippen LogP contribution in [0.5, 0.6) is 0 Å². The molecule has 0 aliphatic heterocycles. The molecule has 0 bridgehead atoms. The second kappa shape index (κ2) is 7.24. The Balaban J connectivity index is 1.80. The number of hydrogen-bond acceptors (Lipinski definition) is 5. The van der Waals surface area contributed by atoms with Gasteiger partial charge in [0.05, 0.1) is 17.8 Å². The monoisotopic (exact) mass is 383 g/mol. The SMILES string of the molecule is Cc1nn(Cc2ccccc2)c(Cl)c1C(=O)Nc1nnc(C(F)F)s1. The summed E-state index contributed by atoms with van der Waals surface area (Å²) in [6, 6.07) is 9.51. The van der Waals surface area contributed by atoms with Crippen LogP contribution in [-0.2, 0) is 6.54 Å². The molecule has 1 amide bonds. The van der Waals surface area contributed by atoms with E-state index < -0.39 is 17.3 Å². The predicted octanol–water partition coefficient (Wildman–Crippen LogP) is 3.93. The topological polar surface area (TPSA) is 72.7 Å². The summed E-state index contributed by atoms with van der Waals surface area (Å²) in [5.74, 6) is -0.571. The molecule has 0 saturated heterocycles. The largest absolute Gasteiger partial charge is 0.296 e. The maximum Gasteiger partial charge on any atom is 0.291 e. The molecule has 0 atom stereocenters.